The smallest absolute Gasteiger partial charge is 0.126 e. The summed E-state index contributed by atoms with van der Waals surface area (Å²) in [5.41, 5.74) is 0.687. The highest BCUT2D eigenvalue weighted by Crippen LogP contribution is 2.11. The maximum absolute atomic E-state index is 13.2. The minimum atomic E-state index is -0.517. The van der Waals surface area contributed by atoms with E-state index in [1.165, 1.54) is 12.1 Å². The third-order valence-corrected chi connectivity index (χ3v) is 3.05. The SMILES string of the molecule is CCCNC(CCOCCC)Cc1cc(F)cc(F)c1. The predicted octanol–water partition coefficient (Wildman–Crippen LogP) is 3.69. The molecule has 1 aromatic carbocycles. The van der Waals surface area contributed by atoms with E-state index in [2.05, 4.69) is 19.2 Å². The zero-order valence-electron chi connectivity index (χ0n) is 12.4. The van der Waals surface area contributed by atoms with Crippen molar-refractivity contribution in [3.05, 3.63) is 35.4 Å². The Morgan fingerprint density at radius 2 is 1.75 bits per heavy atom. The van der Waals surface area contributed by atoms with Crippen LogP contribution in [0.2, 0.25) is 0 Å². The van der Waals surface area contributed by atoms with Gasteiger partial charge in [-0.1, -0.05) is 13.8 Å². The van der Waals surface area contributed by atoms with Gasteiger partial charge in [-0.25, -0.2) is 8.78 Å². The average Bonchev–Trinajstić information content (AvgIpc) is 2.39. The first-order chi connectivity index (χ1) is 9.65. The molecule has 2 nitrogen and oxygen atoms in total. The Morgan fingerprint density at radius 3 is 2.35 bits per heavy atom. The molecule has 0 bridgehead atoms. The molecule has 20 heavy (non-hydrogen) atoms. The summed E-state index contributed by atoms with van der Waals surface area (Å²) in [5.74, 6) is -1.03. The Labute approximate surface area is 120 Å². The summed E-state index contributed by atoms with van der Waals surface area (Å²) in [4.78, 5) is 0. The first kappa shape index (κ1) is 17.1. The number of hydrogen-bond acceptors (Lipinski definition) is 2. The number of rotatable bonds is 10. The monoisotopic (exact) mass is 285 g/mol. The van der Waals surface area contributed by atoms with Crippen molar-refractivity contribution in [1.29, 1.82) is 0 Å². The largest absolute Gasteiger partial charge is 0.381 e. The van der Waals surface area contributed by atoms with Gasteiger partial charge in [-0.2, -0.15) is 0 Å². The lowest BCUT2D eigenvalue weighted by atomic mass is 10.0. The van der Waals surface area contributed by atoms with Gasteiger partial charge in [0.1, 0.15) is 11.6 Å². The Hall–Kier alpha value is -1.00. The molecule has 1 N–H and O–H groups in total. The Kier molecular flexibility index (Phi) is 8.38. The highest BCUT2D eigenvalue weighted by atomic mass is 19.1. The maximum atomic E-state index is 13.2. The molecule has 0 amide bonds. The molecule has 0 aliphatic rings. The highest BCUT2D eigenvalue weighted by Gasteiger charge is 2.10. The predicted molar refractivity (Wildman–Crippen MR) is 77.9 cm³/mol. The summed E-state index contributed by atoms with van der Waals surface area (Å²) >= 11 is 0. The Balaban J connectivity index is 2.53. The summed E-state index contributed by atoms with van der Waals surface area (Å²) in [7, 11) is 0. The van der Waals surface area contributed by atoms with Gasteiger partial charge in [-0.05, 0) is 49.9 Å². The molecule has 1 unspecified atom stereocenters. The van der Waals surface area contributed by atoms with Crippen LogP contribution in [0.3, 0.4) is 0 Å². The minimum absolute atomic E-state index is 0.188. The van der Waals surface area contributed by atoms with Gasteiger partial charge in [0.25, 0.3) is 0 Å². The molecule has 1 atom stereocenters. The molecule has 0 aliphatic heterocycles. The summed E-state index contributed by atoms with van der Waals surface area (Å²) < 4.78 is 31.9. The van der Waals surface area contributed by atoms with Crippen molar-refractivity contribution in [2.45, 2.75) is 45.6 Å². The van der Waals surface area contributed by atoms with Crippen LogP contribution in [-0.2, 0) is 11.2 Å². The molecular weight excluding hydrogens is 260 g/mol. The van der Waals surface area contributed by atoms with Crippen LogP contribution in [0.1, 0.15) is 38.7 Å². The molecule has 0 spiro atoms. The van der Waals surface area contributed by atoms with Crippen LogP contribution in [0.25, 0.3) is 0 Å². The third-order valence-electron chi connectivity index (χ3n) is 3.05. The minimum Gasteiger partial charge on any atom is -0.381 e. The average molecular weight is 285 g/mol. The molecular formula is C16H25F2NO. The first-order valence-electron chi connectivity index (χ1n) is 7.41. The van der Waals surface area contributed by atoms with Crippen molar-refractivity contribution in [1.82, 2.24) is 5.32 Å². The van der Waals surface area contributed by atoms with E-state index in [4.69, 9.17) is 4.74 Å². The van der Waals surface area contributed by atoms with Crippen LogP contribution in [0, 0.1) is 11.6 Å². The van der Waals surface area contributed by atoms with Crippen molar-refractivity contribution in [2.24, 2.45) is 0 Å². The van der Waals surface area contributed by atoms with Gasteiger partial charge in [0.15, 0.2) is 0 Å². The molecule has 0 fully saturated rings. The van der Waals surface area contributed by atoms with Crippen LogP contribution in [0.15, 0.2) is 18.2 Å². The zero-order chi connectivity index (χ0) is 14.8. The molecule has 0 radical (unpaired) electrons. The van der Waals surface area contributed by atoms with Crippen molar-refractivity contribution in [2.75, 3.05) is 19.8 Å². The summed E-state index contributed by atoms with van der Waals surface area (Å²) in [5, 5.41) is 3.41. The molecule has 1 aromatic rings. The van der Waals surface area contributed by atoms with Gasteiger partial charge in [-0.15, -0.1) is 0 Å². The van der Waals surface area contributed by atoms with E-state index in [1.54, 1.807) is 0 Å². The fourth-order valence-electron chi connectivity index (χ4n) is 2.11. The molecule has 1 rings (SSSR count). The van der Waals surface area contributed by atoms with Gasteiger partial charge in [0.05, 0.1) is 0 Å². The molecule has 0 saturated carbocycles. The van der Waals surface area contributed by atoms with Crippen molar-refractivity contribution < 1.29 is 13.5 Å². The van der Waals surface area contributed by atoms with Gasteiger partial charge < -0.3 is 10.1 Å². The van der Waals surface area contributed by atoms with Gasteiger partial charge in [0, 0.05) is 25.3 Å². The van der Waals surface area contributed by atoms with Crippen LogP contribution >= 0.6 is 0 Å². The number of hydrogen-bond donors (Lipinski definition) is 1. The van der Waals surface area contributed by atoms with Crippen LogP contribution in [0.5, 0.6) is 0 Å². The fourth-order valence-corrected chi connectivity index (χ4v) is 2.11. The Bertz CT molecular complexity index is 364. The lowest BCUT2D eigenvalue weighted by Gasteiger charge is -2.19. The normalized spacial score (nSPS) is 12.6. The van der Waals surface area contributed by atoms with Crippen molar-refractivity contribution in [3.63, 3.8) is 0 Å². The standard InChI is InChI=1S/C16H25F2NO/c1-3-6-19-16(5-8-20-7-4-2)11-13-9-14(17)12-15(18)10-13/h9-10,12,16,19H,3-8,11H2,1-2H3. The Morgan fingerprint density at radius 1 is 1.05 bits per heavy atom. The maximum Gasteiger partial charge on any atom is 0.126 e. The van der Waals surface area contributed by atoms with E-state index >= 15 is 0 Å². The van der Waals surface area contributed by atoms with Gasteiger partial charge >= 0.3 is 0 Å². The lowest BCUT2D eigenvalue weighted by molar-refractivity contribution is 0.124. The van der Waals surface area contributed by atoms with Crippen LogP contribution in [0.4, 0.5) is 8.78 Å². The molecule has 0 saturated heterocycles. The quantitative estimate of drug-likeness (QED) is 0.662. The fraction of sp³-hybridized carbons (Fsp3) is 0.625. The van der Waals surface area contributed by atoms with Gasteiger partial charge in [0.2, 0.25) is 0 Å². The van der Waals surface area contributed by atoms with E-state index in [0.717, 1.165) is 38.5 Å². The third kappa shape index (κ3) is 6.96. The number of nitrogens with one attached hydrogen (secondary N) is 1. The number of benzene rings is 1. The number of ether oxygens (including phenoxy) is 1. The summed E-state index contributed by atoms with van der Waals surface area (Å²) in [6.45, 7) is 6.50. The molecule has 0 aliphatic carbocycles. The lowest BCUT2D eigenvalue weighted by Crippen LogP contribution is -2.33. The van der Waals surface area contributed by atoms with Crippen LogP contribution in [-0.4, -0.2) is 25.8 Å². The molecule has 0 aromatic heterocycles. The van der Waals surface area contributed by atoms with E-state index in [1.807, 2.05) is 0 Å². The van der Waals surface area contributed by atoms with Crippen molar-refractivity contribution in [3.8, 4) is 0 Å². The second-order valence-corrected chi connectivity index (χ2v) is 5.03. The number of halogens is 2. The zero-order valence-corrected chi connectivity index (χ0v) is 12.4. The van der Waals surface area contributed by atoms with Crippen molar-refractivity contribution >= 4 is 0 Å². The highest BCUT2D eigenvalue weighted by molar-refractivity contribution is 5.19. The topological polar surface area (TPSA) is 21.3 Å². The van der Waals surface area contributed by atoms with E-state index in [9.17, 15) is 8.78 Å². The van der Waals surface area contributed by atoms with E-state index in [-0.39, 0.29) is 6.04 Å². The van der Waals surface area contributed by atoms with Gasteiger partial charge in [-0.3, -0.25) is 0 Å². The van der Waals surface area contributed by atoms with Crippen LogP contribution < -0.4 is 5.32 Å². The molecule has 114 valence electrons. The second kappa shape index (κ2) is 9.83. The summed E-state index contributed by atoms with van der Waals surface area (Å²) in [6.07, 6.45) is 3.49. The molecule has 4 heteroatoms. The first-order valence-corrected chi connectivity index (χ1v) is 7.41. The van der Waals surface area contributed by atoms with E-state index in [0.29, 0.717) is 18.6 Å². The molecule has 0 heterocycles. The summed E-state index contributed by atoms with van der Waals surface area (Å²) in [6, 6.07) is 3.89. The van der Waals surface area contributed by atoms with E-state index < -0.39 is 11.6 Å². The second-order valence-electron chi connectivity index (χ2n) is 5.03.